The Morgan fingerprint density at radius 3 is 1.52 bits per heavy atom. The molecule has 0 unspecified atom stereocenters. The maximum Gasteiger partial charge on any atom is 0.160 e. The van der Waals surface area contributed by atoms with Crippen molar-refractivity contribution in [2.45, 2.75) is 0 Å². The number of aromatic nitrogens is 4. The van der Waals surface area contributed by atoms with Crippen molar-refractivity contribution in [1.82, 2.24) is 19.1 Å². The van der Waals surface area contributed by atoms with Crippen LogP contribution in [0.15, 0.2) is 206 Å². The highest BCUT2D eigenvalue weighted by Gasteiger charge is 2.21. The second-order valence-corrected chi connectivity index (χ2v) is 14.2. The molecule has 0 amide bonds. The van der Waals surface area contributed by atoms with Crippen molar-refractivity contribution >= 4 is 43.6 Å². The first-order valence-corrected chi connectivity index (χ1v) is 19.0. The van der Waals surface area contributed by atoms with Gasteiger partial charge < -0.3 is 9.13 Å². The van der Waals surface area contributed by atoms with Crippen molar-refractivity contribution in [3.8, 4) is 56.4 Å². The monoisotopic (exact) mass is 714 g/mol. The average molecular weight is 715 g/mol. The Bertz CT molecular complexity index is 3160. The highest BCUT2D eigenvalue weighted by molar-refractivity contribution is 6.26. The molecular formula is C52H34N4. The number of hydrogen-bond acceptors (Lipinski definition) is 2. The standard InChI is InChI=1S/C52H34N4/c1-4-15-35(16-5-1)39-21-14-22-41(33-39)56-47-25-12-10-23-42(47)43-31-32-49-50(51(43)56)44-24-11-13-26-48(44)55(49)40-29-27-38(28-30-40)52-53-45(36-17-6-2-7-18-36)34-46(54-52)37-19-8-3-9-20-37/h1-34H. The molecule has 0 aliphatic rings. The van der Waals surface area contributed by atoms with Crippen molar-refractivity contribution in [2.24, 2.45) is 0 Å². The second-order valence-electron chi connectivity index (χ2n) is 14.2. The van der Waals surface area contributed by atoms with Crippen LogP contribution in [-0.4, -0.2) is 19.1 Å². The van der Waals surface area contributed by atoms with Crippen LogP contribution in [0.25, 0.3) is 100 Å². The second kappa shape index (κ2) is 13.1. The SMILES string of the molecule is c1ccc(-c2cccc(-n3c4ccccc4c4ccc5c(c6ccccc6n5-c5ccc(-c6nc(-c7ccccc7)cc(-c7ccccc7)n6)cc5)c43)c2)cc1. The predicted octanol–water partition coefficient (Wildman–Crippen LogP) is 13.3. The molecule has 11 aromatic rings. The van der Waals surface area contributed by atoms with Gasteiger partial charge in [-0.25, -0.2) is 9.97 Å². The number of rotatable bonds is 6. The third-order valence-electron chi connectivity index (χ3n) is 10.9. The van der Waals surface area contributed by atoms with Crippen LogP contribution in [0.4, 0.5) is 0 Å². The first kappa shape index (κ1) is 31.9. The third kappa shape index (κ3) is 5.23. The van der Waals surface area contributed by atoms with Crippen LogP contribution in [0, 0.1) is 0 Å². The summed E-state index contributed by atoms with van der Waals surface area (Å²) >= 11 is 0. The zero-order valence-electron chi connectivity index (χ0n) is 30.4. The Morgan fingerprint density at radius 1 is 0.304 bits per heavy atom. The normalized spacial score (nSPS) is 11.6. The van der Waals surface area contributed by atoms with Crippen molar-refractivity contribution in [3.63, 3.8) is 0 Å². The van der Waals surface area contributed by atoms with Crippen molar-refractivity contribution < 1.29 is 0 Å². The Labute approximate surface area is 324 Å². The van der Waals surface area contributed by atoms with E-state index in [9.17, 15) is 0 Å². The van der Waals surface area contributed by atoms with E-state index in [4.69, 9.17) is 9.97 Å². The lowest BCUT2D eigenvalue weighted by Gasteiger charge is -2.12. The predicted molar refractivity (Wildman–Crippen MR) is 232 cm³/mol. The van der Waals surface area contributed by atoms with Gasteiger partial charge in [0.25, 0.3) is 0 Å². The summed E-state index contributed by atoms with van der Waals surface area (Å²) in [6, 6.07) is 73.1. The number of hydrogen-bond donors (Lipinski definition) is 0. The molecule has 0 radical (unpaired) electrons. The molecule has 262 valence electrons. The summed E-state index contributed by atoms with van der Waals surface area (Å²) in [7, 11) is 0. The molecule has 0 atom stereocenters. The summed E-state index contributed by atoms with van der Waals surface area (Å²) < 4.78 is 4.85. The smallest absolute Gasteiger partial charge is 0.160 e. The molecule has 0 N–H and O–H groups in total. The molecule has 4 heteroatoms. The van der Waals surface area contributed by atoms with E-state index in [0.29, 0.717) is 5.82 Å². The van der Waals surface area contributed by atoms with Gasteiger partial charge in [0.1, 0.15) is 0 Å². The molecular weight excluding hydrogens is 681 g/mol. The summed E-state index contributed by atoms with van der Waals surface area (Å²) in [5, 5.41) is 4.92. The largest absolute Gasteiger partial charge is 0.309 e. The van der Waals surface area contributed by atoms with Gasteiger partial charge in [-0.05, 0) is 71.8 Å². The van der Waals surface area contributed by atoms with E-state index in [-0.39, 0.29) is 0 Å². The molecule has 0 aliphatic carbocycles. The van der Waals surface area contributed by atoms with Gasteiger partial charge in [0, 0.05) is 49.6 Å². The zero-order chi connectivity index (χ0) is 37.0. The fourth-order valence-electron chi connectivity index (χ4n) is 8.36. The van der Waals surface area contributed by atoms with Gasteiger partial charge in [0.2, 0.25) is 0 Å². The molecule has 56 heavy (non-hydrogen) atoms. The van der Waals surface area contributed by atoms with E-state index in [0.717, 1.165) is 50.5 Å². The highest BCUT2D eigenvalue weighted by Crippen LogP contribution is 2.42. The number of benzene rings is 8. The molecule has 4 nitrogen and oxygen atoms in total. The van der Waals surface area contributed by atoms with Gasteiger partial charge in [0.15, 0.2) is 5.82 Å². The Balaban J connectivity index is 1.10. The summed E-state index contributed by atoms with van der Waals surface area (Å²) in [4.78, 5) is 10.2. The third-order valence-corrected chi connectivity index (χ3v) is 10.9. The van der Waals surface area contributed by atoms with E-state index in [2.05, 4.69) is 203 Å². The van der Waals surface area contributed by atoms with Crippen LogP contribution < -0.4 is 0 Å². The van der Waals surface area contributed by atoms with Gasteiger partial charge >= 0.3 is 0 Å². The average Bonchev–Trinajstić information content (AvgIpc) is 3.80. The van der Waals surface area contributed by atoms with E-state index in [1.165, 1.54) is 43.7 Å². The van der Waals surface area contributed by atoms with Gasteiger partial charge in [-0.2, -0.15) is 0 Å². The molecule has 0 saturated carbocycles. The minimum absolute atomic E-state index is 0.697. The number of para-hydroxylation sites is 2. The molecule has 11 rings (SSSR count). The first-order chi connectivity index (χ1) is 27.8. The lowest BCUT2D eigenvalue weighted by atomic mass is 10.0. The van der Waals surface area contributed by atoms with Crippen LogP contribution in [0.2, 0.25) is 0 Å². The Hall–Kier alpha value is -7.56. The van der Waals surface area contributed by atoms with Crippen LogP contribution >= 0.6 is 0 Å². The van der Waals surface area contributed by atoms with E-state index < -0.39 is 0 Å². The fourth-order valence-corrected chi connectivity index (χ4v) is 8.36. The summed E-state index contributed by atoms with van der Waals surface area (Å²) in [5.41, 5.74) is 14.2. The van der Waals surface area contributed by atoms with Gasteiger partial charge in [-0.1, -0.05) is 146 Å². The summed E-state index contributed by atoms with van der Waals surface area (Å²) in [6.45, 7) is 0. The Morgan fingerprint density at radius 2 is 0.857 bits per heavy atom. The van der Waals surface area contributed by atoms with Gasteiger partial charge in [-0.15, -0.1) is 0 Å². The molecule has 0 saturated heterocycles. The summed E-state index contributed by atoms with van der Waals surface area (Å²) in [5.74, 6) is 0.697. The first-order valence-electron chi connectivity index (χ1n) is 19.0. The van der Waals surface area contributed by atoms with Crippen molar-refractivity contribution in [1.29, 1.82) is 0 Å². The Kier molecular flexibility index (Phi) is 7.46. The lowest BCUT2D eigenvalue weighted by Crippen LogP contribution is -1.97. The van der Waals surface area contributed by atoms with E-state index in [1.54, 1.807) is 0 Å². The number of fused-ring (bicyclic) bond motifs is 7. The van der Waals surface area contributed by atoms with Crippen LogP contribution in [-0.2, 0) is 0 Å². The molecule has 8 aromatic carbocycles. The molecule has 3 aromatic heterocycles. The number of nitrogens with zero attached hydrogens (tertiary/aromatic N) is 4. The highest BCUT2D eigenvalue weighted by atomic mass is 15.0. The van der Waals surface area contributed by atoms with Crippen molar-refractivity contribution in [2.75, 3.05) is 0 Å². The molecule has 0 fully saturated rings. The molecule has 0 bridgehead atoms. The van der Waals surface area contributed by atoms with Crippen LogP contribution in [0.5, 0.6) is 0 Å². The van der Waals surface area contributed by atoms with Gasteiger partial charge in [0.05, 0.1) is 33.5 Å². The van der Waals surface area contributed by atoms with E-state index in [1.807, 2.05) is 12.1 Å². The maximum absolute atomic E-state index is 5.09. The van der Waals surface area contributed by atoms with Crippen LogP contribution in [0.1, 0.15) is 0 Å². The minimum Gasteiger partial charge on any atom is -0.309 e. The van der Waals surface area contributed by atoms with Crippen LogP contribution in [0.3, 0.4) is 0 Å². The fraction of sp³-hybridized carbons (Fsp3) is 0. The summed E-state index contributed by atoms with van der Waals surface area (Å²) in [6.07, 6.45) is 0. The van der Waals surface area contributed by atoms with Crippen molar-refractivity contribution in [3.05, 3.63) is 206 Å². The molecule has 3 heterocycles. The quantitative estimate of drug-likeness (QED) is 0.172. The lowest BCUT2D eigenvalue weighted by molar-refractivity contribution is 1.16. The zero-order valence-corrected chi connectivity index (χ0v) is 30.4. The molecule has 0 aliphatic heterocycles. The molecule has 0 spiro atoms. The maximum atomic E-state index is 5.09. The van der Waals surface area contributed by atoms with E-state index >= 15 is 0 Å². The minimum atomic E-state index is 0.697. The topological polar surface area (TPSA) is 35.6 Å². The van der Waals surface area contributed by atoms with Gasteiger partial charge in [-0.3, -0.25) is 0 Å².